The second-order valence-electron chi connectivity index (χ2n) is 4.40. The van der Waals surface area contributed by atoms with Crippen LogP contribution in [0.4, 0.5) is 0 Å². The third kappa shape index (κ3) is 1.51. The Morgan fingerprint density at radius 3 is 2.95 bits per heavy atom. The Hall–Kier alpha value is -2.14. The number of hydrogen-bond acceptors (Lipinski definition) is 4. The highest BCUT2D eigenvalue weighted by atomic mass is 32.1. The molecule has 0 radical (unpaired) electrons. The minimum absolute atomic E-state index is 0.00222. The van der Waals surface area contributed by atoms with Crippen molar-refractivity contribution >= 4 is 21.6 Å². The van der Waals surface area contributed by atoms with Crippen LogP contribution < -0.4 is 10.3 Å². The van der Waals surface area contributed by atoms with Gasteiger partial charge in [-0.25, -0.2) is 0 Å². The second-order valence-corrected chi connectivity index (χ2v) is 5.25. The standard InChI is InChI=1S/C14H10N2O2S/c17-13-11-10(9-4-2-1-3-5-9)8-19-12(11)15-14-16(13)6-7-18-14/h1-5,8H,6-7H2. The lowest BCUT2D eigenvalue weighted by atomic mass is 10.1. The number of thiophene rings is 1. The summed E-state index contributed by atoms with van der Waals surface area (Å²) in [7, 11) is 0. The van der Waals surface area contributed by atoms with Crippen LogP contribution in [0.25, 0.3) is 21.3 Å². The summed E-state index contributed by atoms with van der Waals surface area (Å²) in [4.78, 5) is 17.7. The van der Waals surface area contributed by atoms with E-state index in [1.807, 2.05) is 35.7 Å². The SMILES string of the molecule is O=c1c2c(-c3ccccc3)csc2nc2n1CCO2. The highest BCUT2D eigenvalue weighted by Crippen LogP contribution is 2.32. The van der Waals surface area contributed by atoms with E-state index in [1.165, 1.54) is 11.3 Å². The predicted molar refractivity (Wildman–Crippen MR) is 74.8 cm³/mol. The van der Waals surface area contributed by atoms with Gasteiger partial charge in [-0.3, -0.25) is 9.36 Å². The van der Waals surface area contributed by atoms with Crippen molar-refractivity contribution in [2.45, 2.75) is 6.54 Å². The lowest BCUT2D eigenvalue weighted by Crippen LogP contribution is -2.18. The molecule has 0 spiro atoms. The van der Waals surface area contributed by atoms with E-state index in [0.29, 0.717) is 24.5 Å². The van der Waals surface area contributed by atoms with E-state index in [2.05, 4.69) is 4.98 Å². The number of benzene rings is 1. The molecule has 2 aromatic heterocycles. The van der Waals surface area contributed by atoms with E-state index < -0.39 is 0 Å². The Morgan fingerprint density at radius 2 is 2.11 bits per heavy atom. The van der Waals surface area contributed by atoms with Crippen LogP contribution >= 0.6 is 11.3 Å². The highest BCUT2D eigenvalue weighted by Gasteiger charge is 2.20. The van der Waals surface area contributed by atoms with Crippen molar-refractivity contribution in [3.8, 4) is 17.1 Å². The predicted octanol–water partition coefficient (Wildman–Crippen LogP) is 2.52. The van der Waals surface area contributed by atoms with Gasteiger partial charge in [0, 0.05) is 10.9 Å². The fraction of sp³-hybridized carbons (Fsp3) is 0.143. The van der Waals surface area contributed by atoms with Crippen LogP contribution in [0.15, 0.2) is 40.5 Å². The normalized spacial score (nSPS) is 13.5. The zero-order valence-corrected chi connectivity index (χ0v) is 10.8. The van der Waals surface area contributed by atoms with Crippen molar-refractivity contribution < 1.29 is 4.74 Å². The Kier molecular flexibility index (Phi) is 2.22. The molecule has 4 rings (SSSR count). The summed E-state index contributed by atoms with van der Waals surface area (Å²) in [6, 6.07) is 10.4. The van der Waals surface area contributed by atoms with Crippen LogP contribution in [0.1, 0.15) is 0 Å². The van der Waals surface area contributed by atoms with E-state index in [0.717, 1.165) is 16.0 Å². The average Bonchev–Trinajstić information content (AvgIpc) is 3.06. The third-order valence-corrected chi connectivity index (χ3v) is 4.16. The van der Waals surface area contributed by atoms with Crippen LogP contribution in [0.2, 0.25) is 0 Å². The highest BCUT2D eigenvalue weighted by molar-refractivity contribution is 7.17. The van der Waals surface area contributed by atoms with E-state index in [9.17, 15) is 4.79 Å². The first-order valence-electron chi connectivity index (χ1n) is 6.05. The molecule has 0 fully saturated rings. The molecule has 0 N–H and O–H groups in total. The van der Waals surface area contributed by atoms with Gasteiger partial charge in [-0.2, -0.15) is 4.98 Å². The molecule has 0 bridgehead atoms. The van der Waals surface area contributed by atoms with E-state index in [4.69, 9.17) is 4.74 Å². The molecule has 1 aliphatic rings. The molecular formula is C14H10N2O2S. The quantitative estimate of drug-likeness (QED) is 0.682. The smallest absolute Gasteiger partial charge is 0.300 e. The summed E-state index contributed by atoms with van der Waals surface area (Å²) in [5.41, 5.74) is 2.00. The molecule has 0 saturated carbocycles. The third-order valence-electron chi connectivity index (χ3n) is 3.29. The Morgan fingerprint density at radius 1 is 1.26 bits per heavy atom. The van der Waals surface area contributed by atoms with Crippen LogP contribution in [0.5, 0.6) is 6.01 Å². The van der Waals surface area contributed by atoms with Gasteiger partial charge in [0.05, 0.1) is 11.9 Å². The Labute approximate surface area is 112 Å². The maximum Gasteiger partial charge on any atom is 0.300 e. The molecule has 1 aromatic carbocycles. The van der Waals surface area contributed by atoms with Crippen molar-refractivity contribution in [2.75, 3.05) is 6.61 Å². The summed E-state index contributed by atoms with van der Waals surface area (Å²) in [5.74, 6) is 0. The van der Waals surface area contributed by atoms with Crippen molar-refractivity contribution in [1.82, 2.24) is 9.55 Å². The number of hydrogen-bond donors (Lipinski definition) is 0. The summed E-state index contributed by atoms with van der Waals surface area (Å²) in [6.45, 7) is 1.11. The van der Waals surface area contributed by atoms with Gasteiger partial charge in [0.2, 0.25) is 0 Å². The second kappa shape index (κ2) is 3.93. The minimum atomic E-state index is -0.00222. The molecule has 3 heterocycles. The van der Waals surface area contributed by atoms with Gasteiger partial charge < -0.3 is 4.74 Å². The Balaban J connectivity index is 2.07. The fourth-order valence-corrected chi connectivity index (χ4v) is 3.30. The number of fused-ring (bicyclic) bond motifs is 2. The van der Waals surface area contributed by atoms with Gasteiger partial charge in [-0.05, 0) is 5.56 Å². The molecule has 0 aliphatic carbocycles. The summed E-state index contributed by atoms with van der Waals surface area (Å²) in [6.07, 6.45) is 0. The van der Waals surface area contributed by atoms with Crippen molar-refractivity contribution in [1.29, 1.82) is 0 Å². The van der Waals surface area contributed by atoms with E-state index in [-0.39, 0.29) is 5.56 Å². The van der Waals surface area contributed by atoms with Crippen molar-refractivity contribution in [2.24, 2.45) is 0 Å². The van der Waals surface area contributed by atoms with Crippen LogP contribution in [0.3, 0.4) is 0 Å². The topological polar surface area (TPSA) is 44.1 Å². The molecular weight excluding hydrogens is 260 g/mol. The van der Waals surface area contributed by atoms with Gasteiger partial charge in [0.1, 0.15) is 11.4 Å². The zero-order chi connectivity index (χ0) is 12.8. The van der Waals surface area contributed by atoms with Crippen LogP contribution in [-0.2, 0) is 6.54 Å². The molecule has 0 atom stereocenters. The number of ether oxygens (including phenoxy) is 1. The van der Waals surface area contributed by atoms with Gasteiger partial charge in [0.25, 0.3) is 5.56 Å². The lowest BCUT2D eigenvalue weighted by Gasteiger charge is -2.02. The monoisotopic (exact) mass is 270 g/mol. The molecule has 3 aromatic rings. The van der Waals surface area contributed by atoms with Gasteiger partial charge in [0.15, 0.2) is 0 Å². The van der Waals surface area contributed by atoms with Crippen LogP contribution in [-0.4, -0.2) is 16.2 Å². The zero-order valence-electron chi connectivity index (χ0n) is 10.00. The summed E-state index contributed by atoms with van der Waals surface area (Å²) >= 11 is 1.48. The molecule has 0 amide bonds. The first-order chi connectivity index (χ1) is 9.34. The molecule has 0 unspecified atom stereocenters. The molecule has 1 aliphatic heterocycles. The maximum absolute atomic E-state index is 12.5. The summed E-state index contributed by atoms with van der Waals surface area (Å²) in [5, 5.41) is 2.69. The summed E-state index contributed by atoms with van der Waals surface area (Å²) < 4.78 is 6.97. The molecule has 19 heavy (non-hydrogen) atoms. The van der Waals surface area contributed by atoms with Gasteiger partial charge in [-0.1, -0.05) is 30.3 Å². The largest absolute Gasteiger partial charge is 0.463 e. The van der Waals surface area contributed by atoms with E-state index in [1.54, 1.807) is 4.57 Å². The first kappa shape index (κ1) is 10.8. The van der Waals surface area contributed by atoms with Crippen LogP contribution in [0, 0.1) is 0 Å². The molecule has 5 heteroatoms. The number of rotatable bonds is 1. The van der Waals surface area contributed by atoms with Crippen molar-refractivity contribution in [3.63, 3.8) is 0 Å². The number of nitrogens with zero attached hydrogens (tertiary/aromatic N) is 2. The first-order valence-corrected chi connectivity index (χ1v) is 6.93. The molecule has 0 saturated heterocycles. The maximum atomic E-state index is 12.5. The minimum Gasteiger partial charge on any atom is -0.463 e. The van der Waals surface area contributed by atoms with Crippen molar-refractivity contribution in [3.05, 3.63) is 46.1 Å². The van der Waals surface area contributed by atoms with Gasteiger partial charge in [-0.15, -0.1) is 11.3 Å². The average molecular weight is 270 g/mol. The lowest BCUT2D eigenvalue weighted by molar-refractivity contribution is 0.345. The Bertz CT molecular complexity index is 821. The number of aromatic nitrogens is 2. The molecule has 4 nitrogen and oxygen atoms in total. The van der Waals surface area contributed by atoms with E-state index >= 15 is 0 Å². The van der Waals surface area contributed by atoms with Gasteiger partial charge >= 0.3 is 6.01 Å². The fourth-order valence-electron chi connectivity index (χ4n) is 2.37. The molecule has 94 valence electrons.